The minimum absolute atomic E-state index is 0.0381. The molecule has 0 unspecified atom stereocenters. The summed E-state index contributed by atoms with van der Waals surface area (Å²) in [5, 5.41) is 20.3. The summed E-state index contributed by atoms with van der Waals surface area (Å²) in [6.45, 7) is 0.0724. The Morgan fingerprint density at radius 2 is 1.68 bits per heavy atom. The molecule has 0 N–H and O–H groups in total. The van der Waals surface area contributed by atoms with E-state index in [1.165, 1.54) is 4.90 Å². The molecule has 8 nitrogen and oxygen atoms in total. The number of likely N-dealkylation sites (tertiary alicyclic amines) is 1. The van der Waals surface area contributed by atoms with Gasteiger partial charge in [-0.25, -0.2) is 0 Å². The number of hydrogen-bond donors (Lipinski definition) is 0. The minimum Gasteiger partial charge on any atom is -0.530 e. The van der Waals surface area contributed by atoms with Gasteiger partial charge in [-0.15, -0.1) is 5.10 Å². The molecule has 1 fully saturated rings. The van der Waals surface area contributed by atoms with Crippen molar-refractivity contribution in [2.45, 2.75) is 37.2 Å². The van der Waals surface area contributed by atoms with E-state index < -0.39 is 40.9 Å². The molecule has 0 radical (unpaired) electrons. The number of ether oxygens (including phenoxy) is 1. The fraction of sp³-hybridized carbons (Fsp3) is 0.391. The summed E-state index contributed by atoms with van der Waals surface area (Å²) in [6.07, 6.45) is -10.4. The molecule has 0 bridgehead atoms. The Morgan fingerprint density at radius 3 is 2.27 bits per heavy atom. The van der Waals surface area contributed by atoms with Crippen LogP contribution in [0.1, 0.15) is 35.4 Å². The largest absolute Gasteiger partial charge is 0.530 e. The van der Waals surface area contributed by atoms with Gasteiger partial charge in [0.25, 0.3) is 5.82 Å². The van der Waals surface area contributed by atoms with Gasteiger partial charge in [0.1, 0.15) is 6.09 Å². The first-order chi connectivity index (χ1) is 17.4. The van der Waals surface area contributed by atoms with Gasteiger partial charge in [0, 0.05) is 18.5 Å². The zero-order valence-corrected chi connectivity index (χ0v) is 19.1. The van der Waals surface area contributed by atoms with Crippen LogP contribution in [-0.4, -0.2) is 50.9 Å². The Morgan fingerprint density at radius 1 is 1.00 bits per heavy atom. The van der Waals surface area contributed by atoms with Crippen molar-refractivity contribution in [1.29, 1.82) is 0 Å². The van der Waals surface area contributed by atoms with Gasteiger partial charge in [0.05, 0.1) is 24.5 Å². The van der Waals surface area contributed by atoms with E-state index in [9.17, 15) is 36.2 Å². The fourth-order valence-corrected chi connectivity index (χ4v) is 4.37. The molecule has 1 amide bonds. The van der Waals surface area contributed by atoms with E-state index in [1.807, 2.05) is 30.3 Å². The second kappa shape index (κ2) is 10.00. The third-order valence-corrected chi connectivity index (χ3v) is 6.28. The lowest BCUT2D eigenvalue weighted by atomic mass is 9.73. The molecule has 1 aliphatic rings. The lowest BCUT2D eigenvalue weighted by Gasteiger charge is -2.43. The molecule has 0 aliphatic carbocycles. The number of aromatic nitrogens is 4. The second-order valence-corrected chi connectivity index (χ2v) is 8.69. The van der Waals surface area contributed by atoms with Crippen molar-refractivity contribution in [3.63, 3.8) is 0 Å². The number of piperidine rings is 1. The summed E-state index contributed by atoms with van der Waals surface area (Å²) in [5.74, 6) is -1.57. The zero-order chi connectivity index (χ0) is 26.8. The molecule has 1 aliphatic heterocycles. The number of nitrogens with zero attached hydrogens (tertiary/aromatic N) is 5. The van der Waals surface area contributed by atoms with Gasteiger partial charge < -0.3 is 19.5 Å². The number of carboxylic acid groups (broad SMARTS) is 1. The number of benzene rings is 2. The highest BCUT2D eigenvalue weighted by molar-refractivity contribution is 5.62. The van der Waals surface area contributed by atoms with Crippen LogP contribution in [-0.2, 0) is 29.1 Å². The standard InChI is InChI=1S/C23H21F6N5O3/c24-22(25,26)17-10-15(11-18(12-17)34-19(23(27,28)29)30-31-32-34)13-37-14-21(16-4-2-1-3-5-16)6-8-33(9-7-21)20(35)36/h1-5,10-12H,6-9,13-14H2,(H,35,36)/p-1. The first kappa shape index (κ1) is 26.4. The first-order valence-electron chi connectivity index (χ1n) is 11.1. The predicted octanol–water partition coefficient (Wildman–Crippen LogP) is 3.59. The molecule has 1 saturated heterocycles. The third kappa shape index (κ3) is 5.84. The number of amides is 1. The van der Waals surface area contributed by atoms with E-state index in [1.54, 1.807) is 0 Å². The van der Waals surface area contributed by atoms with Crippen LogP contribution in [0.5, 0.6) is 0 Å². The quantitative estimate of drug-likeness (QED) is 0.454. The number of tetrazole rings is 1. The summed E-state index contributed by atoms with van der Waals surface area (Å²) >= 11 is 0. The van der Waals surface area contributed by atoms with Crippen LogP contribution < -0.4 is 5.11 Å². The van der Waals surface area contributed by atoms with E-state index in [4.69, 9.17) is 4.74 Å². The highest BCUT2D eigenvalue weighted by Crippen LogP contribution is 2.37. The molecule has 4 rings (SSSR count). The van der Waals surface area contributed by atoms with E-state index in [2.05, 4.69) is 15.5 Å². The first-order valence-corrected chi connectivity index (χ1v) is 11.1. The van der Waals surface area contributed by atoms with E-state index in [0.29, 0.717) is 18.9 Å². The molecule has 14 heteroatoms. The van der Waals surface area contributed by atoms with Gasteiger partial charge >= 0.3 is 12.4 Å². The maximum atomic E-state index is 13.5. The fourth-order valence-electron chi connectivity index (χ4n) is 4.37. The lowest BCUT2D eigenvalue weighted by Crippen LogP contribution is -2.51. The molecular weight excluding hydrogens is 508 g/mol. The van der Waals surface area contributed by atoms with Gasteiger partial charge in [0.2, 0.25) is 0 Å². The maximum Gasteiger partial charge on any atom is 0.453 e. The smallest absolute Gasteiger partial charge is 0.453 e. The Hall–Kier alpha value is -3.68. The van der Waals surface area contributed by atoms with Crippen LogP contribution in [0.4, 0.5) is 31.1 Å². The van der Waals surface area contributed by atoms with Crippen LogP contribution in [0, 0.1) is 0 Å². The Labute approximate surface area is 206 Å². The zero-order valence-electron chi connectivity index (χ0n) is 19.1. The second-order valence-electron chi connectivity index (χ2n) is 8.69. The Balaban J connectivity index is 1.60. The van der Waals surface area contributed by atoms with Crippen molar-refractivity contribution >= 4 is 6.09 Å². The van der Waals surface area contributed by atoms with Crippen LogP contribution in [0.25, 0.3) is 5.69 Å². The van der Waals surface area contributed by atoms with Crippen molar-refractivity contribution in [1.82, 2.24) is 25.1 Å². The van der Waals surface area contributed by atoms with Crippen molar-refractivity contribution in [3.8, 4) is 5.69 Å². The molecule has 1 aromatic heterocycles. The molecule has 198 valence electrons. The summed E-state index contributed by atoms with van der Waals surface area (Å²) in [5.41, 5.74) is -1.49. The number of carbonyl (C=O) groups is 1. The van der Waals surface area contributed by atoms with E-state index in [0.717, 1.165) is 17.7 Å². The van der Waals surface area contributed by atoms with Crippen LogP contribution in [0.2, 0.25) is 0 Å². The number of carbonyl (C=O) groups excluding carboxylic acids is 1. The Kier molecular flexibility index (Phi) is 7.13. The summed E-state index contributed by atoms with van der Waals surface area (Å²) in [6, 6.07) is 11.6. The van der Waals surface area contributed by atoms with Gasteiger partial charge in [-0.2, -0.15) is 31.0 Å². The molecule has 2 heterocycles. The average molecular weight is 528 g/mol. The Bertz CT molecular complexity index is 1240. The number of rotatable bonds is 6. The number of alkyl halides is 6. The normalized spacial score (nSPS) is 16.1. The lowest BCUT2D eigenvalue weighted by molar-refractivity contribution is -0.267. The maximum absolute atomic E-state index is 13.5. The molecule has 0 saturated carbocycles. The van der Waals surface area contributed by atoms with E-state index in [-0.39, 0.29) is 36.5 Å². The van der Waals surface area contributed by atoms with Crippen LogP contribution in [0.3, 0.4) is 0 Å². The van der Waals surface area contributed by atoms with Crippen molar-refractivity contribution in [2.75, 3.05) is 19.7 Å². The number of hydrogen-bond acceptors (Lipinski definition) is 6. The van der Waals surface area contributed by atoms with Gasteiger partial charge in [-0.05, 0) is 52.6 Å². The van der Waals surface area contributed by atoms with Crippen LogP contribution in [0.15, 0.2) is 48.5 Å². The topological polar surface area (TPSA) is 96.2 Å². The monoisotopic (exact) mass is 528 g/mol. The van der Waals surface area contributed by atoms with Gasteiger partial charge in [-0.3, -0.25) is 0 Å². The summed E-state index contributed by atoms with van der Waals surface area (Å²) in [4.78, 5) is 12.4. The molecular formula is C23H20F6N5O3-. The molecule has 0 spiro atoms. The predicted molar refractivity (Wildman–Crippen MR) is 113 cm³/mol. The SMILES string of the molecule is O=C([O-])N1CCC(COCc2cc(-n3nnnc3C(F)(F)F)cc(C(F)(F)F)c2)(c2ccccc2)CC1. The van der Waals surface area contributed by atoms with Gasteiger partial charge in [-0.1, -0.05) is 30.3 Å². The van der Waals surface area contributed by atoms with Crippen molar-refractivity contribution in [3.05, 3.63) is 71.0 Å². The molecule has 2 aromatic carbocycles. The van der Waals surface area contributed by atoms with Crippen LogP contribution >= 0.6 is 0 Å². The minimum atomic E-state index is -4.99. The van der Waals surface area contributed by atoms with Crippen molar-refractivity contribution < 1.29 is 41.0 Å². The van der Waals surface area contributed by atoms with Gasteiger partial charge in [0.15, 0.2) is 0 Å². The van der Waals surface area contributed by atoms with Crippen molar-refractivity contribution in [2.24, 2.45) is 0 Å². The van der Waals surface area contributed by atoms with E-state index >= 15 is 0 Å². The highest BCUT2D eigenvalue weighted by atomic mass is 19.4. The summed E-state index contributed by atoms with van der Waals surface area (Å²) in [7, 11) is 0. The molecule has 37 heavy (non-hydrogen) atoms. The molecule has 3 aromatic rings. The third-order valence-electron chi connectivity index (χ3n) is 6.28. The molecule has 0 atom stereocenters. The number of halogens is 6. The summed E-state index contributed by atoms with van der Waals surface area (Å²) < 4.78 is 86.3. The highest BCUT2D eigenvalue weighted by Gasteiger charge is 2.40. The average Bonchev–Trinajstić information content (AvgIpc) is 3.35.